The number of benzene rings is 1. The van der Waals surface area contributed by atoms with Crippen LogP contribution in [0.1, 0.15) is 32.3 Å². The molecular formula is C13H18Cl2. The Morgan fingerprint density at radius 1 is 1.13 bits per heavy atom. The van der Waals surface area contributed by atoms with Crippen LogP contribution in [0.2, 0.25) is 5.02 Å². The molecule has 0 aliphatic carbocycles. The van der Waals surface area contributed by atoms with Crippen LogP contribution in [-0.2, 0) is 6.42 Å². The van der Waals surface area contributed by atoms with E-state index in [-0.39, 0.29) is 5.38 Å². The molecule has 15 heavy (non-hydrogen) atoms. The molecule has 0 fully saturated rings. The monoisotopic (exact) mass is 244 g/mol. The SMILES string of the molecule is CC(C)CCC(Cl)Cc1ccccc1Cl. The molecule has 1 rings (SSSR count). The van der Waals surface area contributed by atoms with Gasteiger partial charge >= 0.3 is 0 Å². The second-order valence-corrected chi connectivity index (χ2v) is 5.39. The third-order valence-corrected chi connectivity index (χ3v) is 3.20. The summed E-state index contributed by atoms with van der Waals surface area (Å²) in [4.78, 5) is 0. The Morgan fingerprint density at radius 3 is 2.40 bits per heavy atom. The molecule has 0 aliphatic heterocycles. The third kappa shape index (κ3) is 4.90. The minimum absolute atomic E-state index is 0.201. The van der Waals surface area contributed by atoms with E-state index in [0.717, 1.165) is 29.3 Å². The Hall–Kier alpha value is -0.200. The maximum absolute atomic E-state index is 6.27. The number of alkyl halides is 1. The summed E-state index contributed by atoms with van der Waals surface area (Å²) >= 11 is 12.3. The van der Waals surface area contributed by atoms with Crippen LogP contribution in [0.25, 0.3) is 0 Å². The van der Waals surface area contributed by atoms with Gasteiger partial charge < -0.3 is 0 Å². The van der Waals surface area contributed by atoms with E-state index < -0.39 is 0 Å². The van der Waals surface area contributed by atoms with Crippen molar-refractivity contribution in [2.45, 2.75) is 38.5 Å². The van der Waals surface area contributed by atoms with Crippen LogP contribution >= 0.6 is 23.2 Å². The van der Waals surface area contributed by atoms with Crippen molar-refractivity contribution in [3.63, 3.8) is 0 Å². The Labute approximate surface area is 103 Å². The van der Waals surface area contributed by atoms with Crippen molar-refractivity contribution in [2.75, 3.05) is 0 Å². The molecule has 0 nitrogen and oxygen atoms in total. The van der Waals surface area contributed by atoms with Crippen molar-refractivity contribution in [1.82, 2.24) is 0 Å². The van der Waals surface area contributed by atoms with Crippen LogP contribution < -0.4 is 0 Å². The lowest BCUT2D eigenvalue weighted by Gasteiger charge is -2.11. The molecule has 0 radical (unpaired) electrons. The van der Waals surface area contributed by atoms with Gasteiger partial charge in [0, 0.05) is 10.4 Å². The van der Waals surface area contributed by atoms with E-state index in [2.05, 4.69) is 13.8 Å². The van der Waals surface area contributed by atoms with Crippen LogP contribution in [-0.4, -0.2) is 5.38 Å². The minimum Gasteiger partial charge on any atom is -0.123 e. The predicted molar refractivity (Wildman–Crippen MR) is 68.9 cm³/mol. The molecule has 84 valence electrons. The van der Waals surface area contributed by atoms with Gasteiger partial charge in [-0.3, -0.25) is 0 Å². The van der Waals surface area contributed by atoms with Crippen LogP contribution in [0.4, 0.5) is 0 Å². The smallest absolute Gasteiger partial charge is 0.0438 e. The molecule has 1 aromatic rings. The Morgan fingerprint density at radius 2 is 1.80 bits per heavy atom. The lowest BCUT2D eigenvalue weighted by Crippen LogP contribution is -2.05. The first-order valence-electron chi connectivity index (χ1n) is 5.47. The molecule has 2 heteroatoms. The molecule has 0 spiro atoms. The van der Waals surface area contributed by atoms with Gasteiger partial charge in [-0.1, -0.05) is 43.6 Å². The molecule has 0 saturated carbocycles. The van der Waals surface area contributed by atoms with Crippen molar-refractivity contribution in [2.24, 2.45) is 5.92 Å². The quantitative estimate of drug-likeness (QED) is 0.645. The van der Waals surface area contributed by atoms with Gasteiger partial charge in [0.05, 0.1) is 0 Å². The van der Waals surface area contributed by atoms with Crippen molar-refractivity contribution in [1.29, 1.82) is 0 Å². The number of rotatable bonds is 5. The molecule has 0 bridgehead atoms. The highest BCUT2D eigenvalue weighted by Gasteiger charge is 2.09. The van der Waals surface area contributed by atoms with Crippen molar-refractivity contribution >= 4 is 23.2 Å². The van der Waals surface area contributed by atoms with Gasteiger partial charge in [0.15, 0.2) is 0 Å². The zero-order chi connectivity index (χ0) is 11.3. The first-order chi connectivity index (χ1) is 7.09. The first-order valence-corrected chi connectivity index (χ1v) is 6.28. The summed E-state index contributed by atoms with van der Waals surface area (Å²) in [7, 11) is 0. The average Bonchev–Trinajstić information content (AvgIpc) is 2.18. The highest BCUT2D eigenvalue weighted by atomic mass is 35.5. The Bertz CT molecular complexity index is 294. The molecule has 0 saturated heterocycles. The maximum atomic E-state index is 6.27. The third-order valence-electron chi connectivity index (χ3n) is 2.46. The van der Waals surface area contributed by atoms with E-state index in [1.54, 1.807) is 0 Å². The molecular weight excluding hydrogens is 227 g/mol. The summed E-state index contributed by atoms with van der Waals surface area (Å²) in [6.45, 7) is 4.44. The molecule has 1 aromatic carbocycles. The number of hydrogen-bond acceptors (Lipinski definition) is 0. The van der Waals surface area contributed by atoms with E-state index in [9.17, 15) is 0 Å². The summed E-state index contributed by atoms with van der Waals surface area (Å²) in [6, 6.07) is 7.92. The zero-order valence-corrected chi connectivity index (χ0v) is 10.9. The van der Waals surface area contributed by atoms with Crippen LogP contribution in [0.5, 0.6) is 0 Å². The second-order valence-electron chi connectivity index (χ2n) is 4.36. The first kappa shape index (κ1) is 12.9. The van der Waals surface area contributed by atoms with E-state index in [4.69, 9.17) is 23.2 Å². The maximum Gasteiger partial charge on any atom is 0.0438 e. The fourth-order valence-electron chi connectivity index (χ4n) is 1.52. The number of halogens is 2. The summed E-state index contributed by atoms with van der Waals surface area (Å²) in [5.74, 6) is 0.720. The van der Waals surface area contributed by atoms with Gasteiger partial charge in [0.25, 0.3) is 0 Å². The van der Waals surface area contributed by atoms with Crippen LogP contribution in [0.3, 0.4) is 0 Å². The predicted octanol–water partition coefficient (Wildman–Crippen LogP) is 4.93. The second kappa shape index (κ2) is 6.40. The lowest BCUT2D eigenvalue weighted by molar-refractivity contribution is 0.541. The fraction of sp³-hybridized carbons (Fsp3) is 0.538. The topological polar surface area (TPSA) is 0 Å². The molecule has 0 aliphatic rings. The van der Waals surface area contributed by atoms with Gasteiger partial charge in [-0.2, -0.15) is 0 Å². The Kier molecular flexibility index (Phi) is 5.49. The minimum atomic E-state index is 0.201. The van der Waals surface area contributed by atoms with Gasteiger partial charge in [-0.05, 0) is 36.8 Å². The summed E-state index contributed by atoms with van der Waals surface area (Å²) in [6.07, 6.45) is 3.11. The van der Waals surface area contributed by atoms with Gasteiger partial charge in [-0.15, -0.1) is 11.6 Å². The summed E-state index contributed by atoms with van der Waals surface area (Å²) in [5.41, 5.74) is 1.16. The standard InChI is InChI=1S/C13H18Cl2/c1-10(2)7-8-12(14)9-11-5-3-4-6-13(11)15/h3-6,10,12H,7-9H2,1-2H3. The fourth-order valence-corrected chi connectivity index (χ4v) is 2.02. The normalized spacial score (nSPS) is 13.1. The van der Waals surface area contributed by atoms with Crippen molar-refractivity contribution in [3.05, 3.63) is 34.9 Å². The van der Waals surface area contributed by atoms with Gasteiger partial charge in [0.1, 0.15) is 0 Å². The lowest BCUT2D eigenvalue weighted by atomic mass is 10.0. The summed E-state index contributed by atoms with van der Waals surface area (Å²) in [5, 5.41) is 1.03. The van der Waals surface area contributed by atoms with E-state index >= 15 is 0 Å². The molecule has 0 heterocycles. The van der Waals surface area contributed by atoms with Gasteiger partial charge in [-0.25, -0.2) is 0 Å². The van der Waals surface area contributed by atoms with Crippen LogP contribution in [0, 0.1) is 5.92 Å². The molecule has 0 amide bonds. The average molecular weight is 245 g/mol. The van der Waals surface area contributed by atoms with E-state index in [0.29, 0.717) is 0 Å². The molecule has 0 N–H and O–H groups in total. The van der Waals surface area contributed by atoms with Gasteiger partial charge in [0.2, 0.25) is 0 Å². The van der Waals surface area contributed by atoms with E-state index in [1.807, 2.05) is 24.3 Å². The van der Waals surface area contributed by atoms with Crippen molar-refractivity contribution < 1.29 is 0 Å². The Balaban J connectivity index is 2.44. The molecule has 1 unspecified atom stereocenters. The molecule has 0 aromatic heterocycles. The zero-order valence-electron chi connectivity index (χ0n) is 9.34. The summed E-state index contributed by atoms with van der Waals surface area (Å²) < 4.78 is 0. The number of hydrogen-bond donors (Lipinski definition) is 0. The van der Waals surface area contributed by atoms with Crippen LogP contribution in [0.15, 0.2) is 24.3 Å². The largest absolute Gasteiger partial charge is 0.123 e. The highest BCUT2D eigenvalue weighted by molar-refractivity contribution is 6.31. The highest BCUT2D eigenvalue weighted by Crippen LogP contribution is 2.21. The van der Waals surface area contributed by atoms with E-state index in [1.165, 1.54) is 6.42 Å². The molecule has 1 atom stereocenters. The van der Waals surface area contributed by atoms with Crippen molar-refractivity contribution in [3.8, 4) is 0 Å².